The van der Waals surface area contributed by atoms with Crippen LogP contribution in [0.3, 0.4) is 0 Å². The summed E-state index contributed by atoms with van der Waals surface area (Å²) >= 11 is 0. The second-order valence-corrected chi connectivity index (χ2v) is 8.18. The summed E-state index contributed by atoms with van der Waals surface area (Å²) in [5, 5.41) is 3.37. The fraction of sp³-hybridized carbons (Fsp3) is 0.550. The van der Waals surface area contributed by atoms with Crippen molar-refractivity contribution in [1.82, 2.24) is 24.9 Å². The minimum absolute atomic E-state index is 0.00645. The van der Waals surface area contributed by atoms with Gasteiger partial charge in [-0.05, 0) is 25.3 Å². The Morgan fingerprint density at radius 1 is 1.06 bits per heavy atom. The highest BCUT2D eigenvalue weighted by Crippen LogP contribution is 2.35. The number of aromatic nitrogens is 3. The van der Waals surface area contributed by atoms with E-state index in [2.05, 4.69) is 19.6 Å². The van der Waals surface area contributed by atoms with Crippen molar-refractivity contribution in [2.45, 2.75) is 63.3 Å². The number of fused-ring (bicyclic) bond motifs is 1. The number of amides is 2. The Labute approximate surface area is 175 Å². The summed E-state index contributed by atoms with van der Waals surface area (Å²) in [6.07, 6.45) is 1.65. The highest BCUT2D eigenvalue weighted by Gasteiger charge is 2.43. The van der Waals surface area contributed by atoms with Crippen LogP contribution in [0.15, 0.2) is 16.8 Å². The zero-order valence-corrected chi connectivity index (χ0v) is 16.6. The number of carbonyl (C=O) groups is 2. The van der Waals surface area contributed by atoms with Gasteiger partial charge in [-0.15, -0.1) is 0 Å². The van der Waals surface area contributed by atoms with E-state index >= 15 is 0 Å². The van der Waals surface area contributed by atoms with Crippen molar-refractivity contribution in [3.63, 3.8) is 0 Å². The van der Waals surface area contributed by atoms with Gasteiger partial charge >= 0.3 is 12.1 Å². The van der Waals surface area contributed by atoms with Crippen molar-refractivity contribution in [3.05, 3.63) is 29.4 Å². The third-order valence-electron chi connectivity index (χ3n) is 6.31. The summed E-state index contributed by atoms with van der Waals surface area (Å²) in [5.41, 5.74) is 1.07. The van der Waals surface area contributed by atoms with Crippen LogP contribution in [0.5, 0.6) is 0 Å². The van der Waals surface area contributed by atoms with Gasteiger partial charge in [-0.3, -0.25) is 14.6 Å². The number of pyridine rings is 1. The van der Waals surface area contributed by atoms with Crippen LogP contribution in [-0.4, -0.2) is 55.4 Å². The van der Waals surface area contributed by atoms with Crippen LogP contribution in [0.25, 0.3) is 11.4 Å². The molecule has 1 saturated carbocycles. The molecule has 0 N–H and O–H groups in total. The Morgan fingerprint density at radius 3 is 2.45 bits per heavy atom. The molecule has 164 valence electrons. The summed E-state index contributed by atoms with van der Waals surface area (Å²) < 4.78 is 42.5. The molecule has 0 aromatic carbocycles. The van der Waals surface area contributed by atoms with E-state index in [1.807, 2.05) is 4.90 Å². The molecule has 2 aliphatic heterocycles. The van der Waals surface area contributed by atoms with Gasteiger partial charge in [-0.2, -0.15) is 18.2 Å². The van der Waals surface area contributed by atoms with E-state index in [0.717, 1.165) is 38.6 Å². The van der Waals surface area contributed by atoms with E-state index in [0.29, 0.717) is 24.2 Å². The fourth-order valence-corrected chi connectivity index (χ4v) is 4.88. The molecule has 11 heteroatoms. The van der Waals surface area contributed by atoms with Gasteiger partial charge in [-0.1, -0.05) is 18.0 Å². The summed E-state index contributed by atoms with van der Waals surface area (Å²) in [6, 6.07) is 1.37. The van der Waals surface area contributed by atoms with E-state index in [-0.39, 0.29) is 35.3 Å². The Hall–Kier alpha value is -2.98. The van der Waals surface area contributed by atoms with E-state index < -0.39 is 12.1 Å². The third-order valence-corrected chi connectivity index (χ3v) is 6.31. The lowest BCUT2D eigenvalue weighted by Gasteiger charge is -2.42. The molecule has 8 nitrogen and oxygen atoms in total. The zero-order chi connectivity index (χ0) is 21.8. The molecule has 2 amide bonds. The van der Waals surface area contributed by atoms with Crippen LogP contribution in [0.4, 0.5) is 13.2 Å². The van der Waals surface area contributed by atoms with Gasteiger partial charge in [-0.25, -0.2) is 0 Å². The monoisotopic (exact) mass is 435 g/mol. The lowest BCUT2D eigenvalue weighted by atomic mass is 9.88. The number of carbonyl (C=O) groups excluding carboxylic acids is 2. The average Bonchev–Trinajstić information content (AvgIpc) is 3.47. The van der Waals surface area contributed by atoms with Gasteiger partial charge in [0, 0.05) is 24.7 Å². The highest BCUT2D eigenvalue weighted by molar-refractivity contribution is 5.99. The van der Waals surface area contributed by atoms with Crippen LogP contribution in [0.1, 0.15) is 60.5 Å². The molecule has 4 heterocycles. The van der Waals surface area contributed by atoms with Gasteiger partial charge in [0.25, 0.3) is 5.91 Å². The number of nitrogens with zero attached hydrogens (tertiary/aromatic N) is 5. The van der Waals surface area contributed by atoms with Crippen molar-refractivity contribution in [2.75, 3.05) is 6.54 Å². The molecular formula is C20H20F3N5O3. The SMILES string of the molecule is O=C1CCCN1[C@@H]1CCCC[C@H]1N1Cc2ncc(-c3noc(C(F)(F)F)n3)cc2C1=O. The van der Waals surface area contributed by atoms with Crippen LogP contribution in [0, 0.1) is 0 Å². The molecule has 0 spiro atoms. The highest BCUT2D eigenvalue weighted by atomic mass is 19.4. The second kappa shape index (κ2) is 7.31. The smallest absolute Gasteiger partial charge is 0.338 e. The van der Waals surface area contributed by atoms with Gasteiger partial charge < -0.3 is 14.3 Å². The maximum absolute atomic E-state index is 13.2. The number of hydrogen-bond donors (Lipinski definition) is 0. The lowest BCUT2D eigenvalue weighted by molar-refractivity contribution is -0.159. The van der Waals surface area contributed by atoms with E-state index in [4.69, 9.17) is 0 Å². The number of likely N-dealkylation sites (tertiary alicyclic amines) is 1. The number of alkyl halides is 3. The molecule has 2 aromatic rings. The molecule has 1 aliphatic carbocycles. The maximum atomic E-state index is 13.2. The maximum Gasteiger partial charge on any atom is 0.471 e. The standard InChI is InChI=1S/C20H20F3N5O3/c21-20(22,23)19-25-17(26-31-19)11-8-12-13(24-9-11)10-28(18(12)30)15-5-2-1-4-14(15)27-7-3-6-16(27)29/h8-9,14-15H,1-7,10H2/t14-,15-/m1/s1. The van der Waals surface area contributed by atoms with Crippen molar-refractivity contribution in [3.8, 4) is 11.4 Å². The zero-order valence-electron chi connectivity index (χ0n) is 16.6. The lowest BCUT2D eigenvalue weighted by Crippen LogP contribution is -2.53. The quantitative estimate of drug-likeness (QED) is 0.736. The van der Waals surface area contributed by atoms with Gasteiger partial charge in [0.1, 0.15) is 0 Å². The first-order chi connectivity index (χ1) is 14.8. The minimum atomic E-state index is -4.75. The Kier molecular flexibility index (Phi) is 4.71. The summed E-state index contributed by atoms with van der Waals surface area (Å²) in [7, 11) is 0. The number of halogens is 3. The van der Waals surface area contributed by atoms with E-state index in [1.165, 1.54) is 12.3 Å². The Balaban J connectivity index is 1.41. The number of hydrogen-bond acceptors (Lipinski definition) is 6. The fourth-order valence-electron chi connectivity index (χ4n) is 4.88. The first kappa shape index (κ1) is 20.0. The van der Waals surface area contributed by atoms with E-state index in [1.54, 1.807) is 4.90 Å². The summed E-state index contributed by atoms with van der Waals surface area (Å²) in [6.45, 7) is 1.04. The Morgan fingerprint density at radius 2 is 1.81 bits per heavy atom. The van der Waals surface area contributed by atoms with Gasteiger partial charge in [0.05, 0.1) is 29.9 Å². The van der Waals surface area contributed by atoms with Crippen molar-refractivity contribution in [2.24, 2.45) is 0 Å². The first-order valence-electron chi connectivity index (χ1n) is 10.3. The molecule has 2 fully saturated rings. The van der Waals surface area contributed by atoms with Crippen molar-refractivity contribution < 1.29 is 27.3 Å². The second-order valence-electron chi connectivity index (χ2n) is 8.18. The van der Waals surface area contributed by atoms with Crippen LogP contribution in [0.2, 0.25) is 0 Å². The molecular weight excluding hydrogens is 415 g/mol. The molecule has 0 radical (unpaired) electrons. The van der Waals surface area contributed by atoms with Crippen molar-refractivity contribution in [1.29, 1.82) is 0 Å². The largest absolute Gasteiger partial charge is 0.471 e. The summed E-state index contributed by atoms with van der Waals surface area (Å²) in [5.74, 6) is -1.81. The van der Waals surface area contributed by atoms with Crippen LogP contribution in [-0.2, 0) is 17.5 Å². The van der Waals surface area contributed by atoms with E-state index in [9.17, 15) is 22.8 Å². The van der Waals surface area contributed by atoms with Gasteiger partial charge in [0.15, 0.2) is 0 Å². The minimum Gasteiger partial charge on any atom is -0.338 e. The average molecular weight is 435 g/mol. The first-order valence-corrected chi connectivity index (χ1v) is 10.3. The number of rotatable bonds is 3. The predicted molar refractivity (Wildman–Crippen MR) is 99.4 cm³/mol. The third kappa shape index (κ3) is 3.45. The van der Waals surface area contributed by atoms with Crippen LogP contribution >= 0.6 is 0 Å². The molecule has 2 aromatic heterocycles. The Bertz CT molecular complexity index is 1040. The predicted octanol–water partition coefficient (Wildman–Crippen LogP) is 3.04. The van der Waals surface area contributed by atoms with Crippen molar-refractivity contribution >= 4 is 11.8 Å². The normalized spacial score (nSPS) is 24.2. The molecule has 31 heavy (non-hydrogen) atoms. The molecule has 0 bridgehead atoms. The topological polar surface area (TPSA) is 92.4 Å². The molecule has 2 atom stereocenters. The molecule has 1 saturated heterocycles. The molecule has 5 rings (SSSR count). The van der Waals surface area contributed by atoms with Crippen LogP contribution < -0.4 is 0 Å². The summed E-state index contributed by atoms with van der Waals surface area (Å²) in [4.78, 5) is 36.9. The van der Waals surface area contributed by atoms with Gasteiger partial charge in [0.2, 0.25) is 11.7 Å². The molecule has 3 aliphatic rings. The molecule has 0 unspecified atom stereocenters.